The van der Waals surface area contributed by atoms with Gasteiger partial charge in [0.2, 0.25) is 0 Å². The molecule has 1 atom stereocenters. The fourth-order valence-electron chi connectivity index (χ4n) is 1.84. The van der Waals surface area contributed by atoms with Crippen LogP contribution in [0.1, 0.15) is 28.8 Å². The monoisotopic (exact) mass is 288 g/mol. The van der Waals surface area contributed by atoms with Gasteiger partial charge in [-0.2, -0.15) is 0 Å². The molecule has 100 valence electrons. The van der Waals surface area contributed by atoms with Crippen molar-refractivity contribution >= 4 is 29.9 Å². The number of carbonyl (C=O) groups excluding carboxylic acids is 1. The standard InChI is InChI=1S/C13H17ClN2O.ClH/c1-8-2-5-10(14)6-11(8)13(17)16-7-12(15)9-3-4-9;/h2,5-6,9,12H,3-4,7,15H2,1H3,(H,16,17);1H. The number of aryl methyl sites for hydroxylation is 1. The molecule has 0 spiro atoms. The number of rotatable bonds is 4. The van der Waals surface area contributed by atoms with E-state index in [1.165, 1.54) is 12.8 Å². The number of nitrogens with one attached hydrogen (secondary N) is 1. The van der Waals surface area contributed by atoms with Gasteiger partial charge in [0, 0.05) is 23.2 Å². The van der Waals surface area contributed by atoms with E-state index in [1.807, 2.05) is 13.0 Å². The first-order valence-corrected chi connectivity index (χ1v) is 6.25. The predicted octanol–water partition coefficient (Wildman–Crippen LogP) is 2.54. The summed E-state index contributed by atoms with van der Waals surface area (Å²) < 4.78 is 0. The largest absolute Gasteiger partial charge is 0.350 e. The van der Waals surface area contributed by atoms with Crippen molar-refractivity contribution in [3.63, 3.8) is 0 Å². The molecule has 0 radical (unpaired) electrons. The quantitative estimate of drug-likeness (QED) is 0.895. The Morgan fingerprint density at radius 1 is 1.56 bits per heavy atom. The Bertz CT molecular complexity index is 433. The minimum absolute atomic E-state index is 0. The van der Waals surface area contributed by atoms with Crippen molar-refractivity contribution in [1.82, 2.24) is 5.32 Å². The molecule has 0 heterocycles. The first kappa shape index (κ1) is 15.3. The zero-order valence-electron chi connectivity index (χ0n) is 10.3. The summed E-state index contributed by atoms with van der Waals surface area (Å²) in [4.78, 5) is 11.9. The number of amides is 1. The molecular weight excluding hydrogens is 271 g/mol. The van der Waals surface area contributed by atoms with Crippen molar-refractivity contribution in [2.24, 2.45) is 11.7 Å². The van der Waals surface area contributed by atoms with Gasteiger partial charge in [-0.05, 0) is 43.4 Å². The molecule has 3 N–H and O–H groups in total. The van der Waals surface area contributed by atoms with Crippen LogP contribution in [-0.4, -0.2) is 18.5 Å². The van der Waals surface area contributed by atoms with Gasteiger partial charge in [0.15, 0.2) is 0 Å². The van der Waals surface area contributed by atoms with Crippen LogP contribution in [0.25, 0.3) is 0 Å². The van der Waals surface area contributed by atoms with E-state index in [0.717, 1.165) is 5.56 Å². The molecule has 1 aliphatic carbocycles. The summed E-state index contributed by atoms with van der Waals surface area (Å²) in [5, 5.41) is 3.44. The Morgan fingerprint density at radius 3 is 2.83 bits per heavy atom. The van der Waals surface area contributed by atoms with E-state index >= 15 is 0 Å². The third-order valence-corrected chi connectivity index (χ3v) is 3.41. The fourth-order valence-corrected chi connectivity index (χ4v) is 2.01. The van der Waals surface area contributed by atoms with Gasteiger partial charge < -0.3 is 11.1 Å². The molecule has 1 amide bonds. The Hall–Kier alpha value is -0.770. The summed E-state index contributed by atoms with van der Waals surface area (Å²) in [6, 6.07) is 5.40. The second-order valence-electron chi connectivity index (χ2n) is 4.67. The van der Waals surface area contributed by atoms with Crippen LogP contribution < -0.4 is 11.1 Å². The van der Waals surface area contributed by atoms with Crippen molar-refractivity contribution in [2.45, 2.75) is 25.8 Å². The molecule has 1 saturated carbocycles. The highest BCUT2D eigenvalue weighted by molar-refractivity contribution is 6.31. The van der Waals surface area contributed by atoms with Gasteiger partial charge in [0.25, 0.3) is 5.91 Å². The van der Waals surface area contributed by atoms with Crippen molar-refractivity contribution < 1.29 is 4.79 Å². The van der Waals surface area contributed by atoms with Crippen LogP contribution in [0.3, 0.4) is 0 Å². The summed E-state index contributed by atoms with van der Waals surface area (Å²) >= 11 is 5.88. The molecule has 0 aromatic heterocycles. The summed E-state index contributed by atoms with van der Waals surface area (Å²) in [6.07, 6.45) is 2.38. The zero-order valence-corrected chi connectivity index (χ0v) is 11.9. The van der Waals surface area contributed by atoms with Crippen LogP contribution in [0.4, 0.5) is 0 Å². The Labute approximate surface area is 118 Å². The summed E-state index contributed by atoms with van der Waals surface area (Å²) in [5.74, 6) is 0.497. The Kier molecular flexibility index (Phi) is 5.45. The molecule has 1 fully saturated rings. The van der Waals surface area contributed by atoms with E-state index in [0.29, 0.717) is 23.0 Å². The average Bonchev–Trinajstić information content (AvgIpc) is 3.12. The summed E-state index contributed by atoms with van der Waals surface area (Å²) in [5.41, 5.74) is 7.48. The smallest absolute Gasteiger partial charge is 0.251 e. The maximum atomic E-state index is 11.9. The molecular formula is C13H18Cl2N2O. The van der Waals surface area contributed by atoms with Crippen molar-refractivity contribution in [2.75, 3.05) is 6.54 Å². The molecule has 3 nitrogen and oxygen atoms in total. The van der Waals surface area contributed by atoms with Crippen molar-refractivity contribution in [3.05, 3.63) is 34.3 Å². The molecule has 0 saturated heterocycles. The lowest BCUT2D eigenvalue weighted by Crippen LogP contribution is -2.38. The molecule has 1 aliphatic rings. The van der Waals surface area contributed by atoms with Crippen LogP contribution in [0.5, 0.6) is 0 Å². The normalized spacial score (nSPS) is 15.7. The van der Waals surface area contributed by atoms with E-state index in [-0.39, 0.29) is 24.4 Å². The molecule has 1 unspecified atom stereocenters. The van der Waals surface area contributed by atoms with Gasteiger partial charge in [-0.1, -0.05) is 17.7 Å². The minimum atomic E-state index is -0.0962. The van der Waals surface area contributed by atoms with E-state index in [1.54, 1.807) is 12.1 Å². The first-order chi connectivity index (χ1) is 8.08. The molecule has 5 heteroatoms. The molecule has 1 aromatic rings. The number of hydrogen-bond acceptors (Lipinski definition) is 2. The predicted molar refractivity (Wildman–Crippen MR) is 76.5 cm³/mol. The third-order valence-electron chi connectivity index (χ3n) is 3.17. The van der Waals surface area contributed by atoms with Gasteiger partial charge in [-0.25, -0.2) is 0 Å². The second-order valence-corrected chi connectivity index (χ2v) is 5.11. The number of halogens is 2. The second kappa shape index (κ2) is 6.41. The van der Waals surface area contributed by atoms with E-state index < -0.39 is 0 Å². The maximum Gasteiger partial charge on any atom is 0.251 e. The number of nitrogens with two attached hydrogens (primary N) is 1. The maximum absolute atomic E-state index is 11.9. The highest BCUT2D eigenvalue weighted by atomic mass is 35.5. The topological polar surface area (TPSA) is 55.1 Å². The lowest BCUT2D eigenvalue weighted by Gasteiger charge is -2.12. The Morgan fingerprint density at radius 2 is 2.22 bits per heavy atom. The van der Waals surface area contributed by atoms with Crippen LogP contribution in [0.15, 0.2) is 18.2 Å². The van der Waals surface area contributed by atoms with Crippen LogP contribution in [0, 0.1) is 12.8 Å². The van der Waals surface area contributed by atoms with Gasteiger partial charge >= 0.3 is 0 Å². The first-order valence-electron chi connectivity index (χ1n) is 5.88. The summed E-state index contributed by atoms with van der Waals surface area (Å²) in [7, 11) is 0. The number of hydrogen-bond donors (Lipinski definition) is 2. The highest BCUT2D eigenvalue weighted by Gasteiger charge is 2.28. The molecule has 0 bridgehead atoms. The van der Waals surface area contributed by atoms with Gasteiger partial charge in [-0.3, -0.25) is 4.79 Å². The van der Waals surface area contributed by atoms with E-state index in [9.17, 15) is 4.79 Å². The third kappa shape index (κ3) is 3.87. The number of benzene rings is 1. The number of carbonyl (C=O) groups is 1. The lowest BCUT2D eigenvalue weighted by atomic mass is 10.1. The van der Waals surface area contributed by atoms with Crippen LogP contribution >= 0.6 is 24.0 Å². The molecule has 0 aliphatic heterocycles. The SMILES string of the molecule is Cc1ccc(Cl)cc1C(=O)NCC(N)C1CC1.Cl. The minimum Gasteiger partial charge on any atom is -0.350 e. The summed E-state index contributed by atoms with van der Waals surface area (Å²) in [6.45, 7) is 2.43. The van der Waals surface area contributed by atoms with Gasteiger partial charge in [0.1, 0.15) is 0 Å². The zero-order chi connectivity index (χ0) is 12.4. The molecule has 18 heavy (non-hydrogen) atoms. The van der Waals surface area contributed by atoms with E-state index in [4.69, 9.17) is 17.3 Å². The van der Waals surface area contributed by atoms with Crippen molar-refractivity contribution in [1.29, 1.82) is 0 Å². The Balaban J connectivity index is 0.00000162. The molecule has 1 aromatic carbocycles. The lowest BCUT2D eigenvalue weighted by molar-refractivity contribution is 0.0949. The fraction of sp³-hybridized carbons (Fsp3) is 0.462. The van der Waals surface area contributed by atoms with Crippen LogP contribution in [-0.2, 0) is 0 Å². The molecule has 2 rings (SSSR count). The average molecular weight is 289 g/mol. The van der Waals surface area contributed by atoms with Crippen molar-refractivity contribution in [3.8, 4) is 0 Å². The highest BCUT2D eigenvalue weighted by Crippen LogP contribution is 2.31. The van der Waals surface area contributed by atoms with E-state index in [2.05, 4.69) is 5.32 Å². The van der Waals surface area contributed by atoms with Gasteiger partial charge in [-0.15, -0.1) is 12.4 Å². The van der Waals surface area contributed by atoms with Gasteiger partial charge in [0.05, 0.1) is 0 Å². The van der Waals surface area contributed by atoms with Crippen LogP contribution in [0.2, 0.25) is 5.02 Å².